The molecular weight excluding hydrogens is 447 g/mol. The Kier molecular flexibility index (Phi) is 10.2. The molecular formula is C18H29IN4O3. The number of methoxy groups -OCH3 is 2. The number of nitrogens with zero attached hydrogens (tertiary/aromatic N) is 1. The SMILES string of the molecule is CN=C(NCCCNC(=O)C1CCC1)Nc1ccc(OC)c(OC)c1.I. The summed E-state index contributed by atoms with van der Waals surface area (Å²) < 4.78 is 10.5. The number of carbonyl (C=O) groups excluding carboxylic acids is 1. The molecule has 0 radical (unpaired) electrons. The number of halogens is 1. The summed E-state index contributed by atoms with van der Waals surface area (Å²) in [5.74, 6) is 2.43. The molecule has 8 heteroatoms. The minimum absolute atomic E-state index is 0. The lowest BCUT2D eigenvalue weighted by molar-refractivity contribution is -0.127. The Morgan fingerprint density at radius 2 is 1.85 bits per heavy atom. The zero-order valence-corrected chi connectivity index (χ0v) is 18.0. The molecule has 0 aromatic heterocycles. The monoisotopic (exact) mass is 476 g/mol. The van der Waals surface area contributed by atoms with Crippen molar-refractivity contribution in [2.24, 2.45) is 10.9 Å². The largest absolute Gasteiger partial charge is 0.493 e. The van der Waals surface area contributed by atoms with Crippen molar-refractivity contribution in [3.05, 3.63) is 18.2 Å². The lowest BCUT2D eigenvalue weighted by Gasteiger charge is -2.24. The van der Waals surface area contributed by atoms with E-state index in [4.69, 9.17) is 9.47 Å². The molecule has 0 unspecified atom stereocenters. The molecule has 0 atom stereocenters. The molecule has 0 spiro atoms. The Balaban J connectivity index is 0.00000338. The van der Waals surface area contributed by atoms with Crippen LogP contribution in [0.4, 0.5) is 5.69 Å². The van der Waals surface area contributed by atoms with E-state index in [1.807, 2.05) is 18.2 Å². The van der Waals surface area contributed by atoms with Gasteiger partial charge < -0.3 is 25.4 Å². The van der Waals surface area contributed by atoms with E-state index >= 15 is 0 Å². The molecule has 0 heterocycles. The van der Waals surface area contributed by atoms with Crippen molar-refractivity contribution >= 4 is 41.5 Å². The van der Waals surface area contributed by atoms with Gasteiger partial charge in [0, 0.05) is 37.8 Å². The van der Waals surface area contributed by atoms with Gasteiger partial charge in [0.05, 0.1) is 14.2 Å². The second-order valence-corrected chi connectivity index (χ2v) is 5.97. The van der Waals surface area contributed by atoms with Gasteiger partial charge in [-0.05, 0) is 31.4 Å². The number of carbonyl (C=O) groups is 1. The number of amides is 1. The fraction of sp³-hybridized carbons (Fsp3) is 0.556. The number of anilines is 1. The van der Waals surface area contributed by atoms with Crippen LogP contribution in [0.25, 0.3) is 0 Å². The maximum absolute atomic E-state index is 11.7. The van der Waals surface area contributed by atoms with E-state index in [2.05, 4.69) is 20.9 Å². The van der Waals surface area contributed by atoms with Gasteiger partial charge in [-0.1, -0.05) is 6.42 Å². The standard InChI is InChI=1S/C18H28N4O3.HI/c1-19-18(21-11-5-10-20-17(23)13-6-4-7-13)22-14-8-9-15(24-2)16(12-14)25-3;/h8-9,12-13H,4-7,10-11H2,1-3H3,(H,20,23)(H2,19,21,22);1H. The van der Waals surface area contributed by atoms with Crippen molar-refractivity contribution in [1.82, 2.24) is 10.6 Å². The smallest absolute Gasteiger partial charge is 0.223 e. The lowest BCUT2D eigenvalue weighted by atomic mass is 9.85. The molecule has 0 saturated heterocycles. The van der Waals surface area contributed by atoms with Crippen molar-refractivity contribution in [2.45, 2.75) is 25.7 Å². The van der Waals surface area contributed by atoms with Crippen LogP contribution in [0, 0.1) is 5.92 Å². The number of aliphatic imine (C=N–C) groups is 1. The van der Waals surface area contributed by atoms with E-state index in [-0.39, 0.29) is 35.8 Å². The van der Waals surface area contributed by atoms with Crippen LogP contribution in [0.5, 0.6) is 11.5 Å². The van der Waals surface area contributed by atoms with Crippen LogP contribution in [0.2, 0.25) is 0 Å². The minimum Gasteiger partial charge on any atom is -0.493 e. The Morgan fingerprint density at radius 1 is 1.15 bits per heavy atom. The van der Waals surface area contributed by atoms with Gasteiger partial charge in [-0.2, -0.15) is 0 Å². The van der Waals surface area contributed by atoms with Gasteiger partial charge in [0.2, 0.25) is 5.91 Å². The predicted molar refractivity (Wildman–Crippen MR) is 115 cm³/mol. The molecule has 1 aliphatic rings. The summed E-state index contributed by atoms with van der Waals surface area (Å²) in [6.45, 7) is 1.40. The zero-order valence-electron chi connectivity index (χ0n) is 15.6. The number of guanidine groups is 1. The van der Waals surface area contributed by atoms with Crippen molar-refractivity contribution in [3.63, 3.8) is 0 Å². The topological polar surface area (TPSA) is 84.0 Å². The molecule has 146 valence electrons. The lowest BCUT2D eigenvalue weighted by Crippen LogP contribution is -2.37. The van der Waals surface area contributed by atoms with Crippen LogP contribution < -0.4 is 25.4 Å². The quantitative estimate of drug-likeness (QED) is 0.233. The molecule has 1 aliphatic carbocycles. The average Bonchev–Trinajstić information content (AvgIpc) is 2.58. The number of benzene rings is 1. The minimum atomic E-state index is 0. The summed E-state index contributed by atoms with van der Waals surface area (Å²) in [5, 5.41) is 9.42. The highest BCUT2D eigenvalue weighted by molar-refractivity contribution is 14.0. The predicted octanol–water partition coefficient (Wildman–Crippen LogP) is 2.62. The first-order valence-corrected chi connectivity index (χ1v) is 8.65. The van der Waals surface area contributed by atoms with Crippen molar-refractivity contribution in [1.29, 1.82) is 0 Å². The molecule has 26 heavy (non-hydrogen) atoms. The van der Waals surface area contributed by atoms with Gasteiger partial charge in [-0.15, -0.1) is 24.0 Å². The normalized spacial score (nSPS) is 13.9. The van der Waals surface area contributed by atoms with Crippen LogP contribution in [0.3, 0.4) is 0 Å². The van der Waals surface area contributed by atoms with Gasteiger partial charge in [0.25, 0.3) is 0 Å². The molecule has 1 aromatic carbocycles. The summed E-state index contributed by atoms with van der Waals surface area (Å²) in [6.07, 6.45) is 4.08. The maximum atomic E-state index is 11.7. The van der Waals surface area contributed by atoms with Crippen molar-refractivity contribution in [3.8, 4) is 11.5 Å². The Morgan fingerprint density at radius 3 is 2.42 bits per heavy atom. The maximum Gasteiger partial charge on any atom is 0.223 e. The van der Waals surface area contributed by atoms with Crippen LogP contribution in [0.1, 0.15) is 25.7 Å². The summed E-state index contributed by atoms with van der Waals surface area (Å²) in [6, 6.07) is 5.59. The van der Waals surface area contributed by atoms with Gasteiger partial charge >= 0.3 is 0 Å². The Hall–Kier alpha value is -1.71. The highest BCUT2D eigenvalue weighted by Gasteiger charge is 2.24. The van der Waals surface area contributed by atoms with Gasteiger partial charge in [-0.25, -0.2) is 0 Å². The van der Waals surface area contributed by atoms with Gasteiger partial charge in [-0.3, -0.25) is 9.79 Å². The number of rotatable bonds is 8. The molecule has 0 bridgehead atoms. The fourth-order valence-corrected chi connectivity index (χ4v) is 2.55. The fourth-order valence-electron chi connectivity index (χ4n) is 2.55. The van der Waals surface area contributed by atoms with E-state index < -0.39 is 0 Å². The second kappa shape index (κ2) is 11.8. The van der Waals surface area contributed by atoms with E-state index in [1.54, 1.807) is 21.3 Å². The first kappa shape index (κ1) is 22.3. The third-order valence-corrected chi connectivity index (χ3v) is 4.29. The molecule has 7 nitrogen and oxygen atoms in total. The van der Waals surface area contributed by atoms with Crippen LogP contribution in [-0.2, 0) is 4.79 Å². The molecule has 3 N–H and O–H groups in total. The van der Waals surface area contributed by atoms with E-state index in [0.29, 0.717) is 24.0 Å². The van der Waals surface area contributed by atoms with Crippen LogP contribution >= 0.6 is 24.0 Å². The van der Waals surface area contributed by atoms with Crippen LogP contribution in [0.15, 0.2) is 23.2 Å². The van der Waals surface area contributed by atoms with E-state index in [9.17, 15) is 4.79 Å². The number of nitrogens with one attached hydrogen (secondary N) is 3. The van der Waals surface area contributed by atoms with Crippen molar-refractivity contribution < 1.29 is 14.3 Å². The Bertz CT molecular complexity index is 606. The third-order valence-electron chi connectivity index (χ3n) is 4.29. The average molecular weight is 476 g/mol. The summed E-state index contributed by atoms with van der Waals surface area (Å²) in [7, 11) is 4.93. The molecule has 1 amide bonds. The highest BCUT2D eigenvalue weighted by atomic mass is 127. The number of hydrogen-bond acceptors (Lipinski definition) is 4. The van der Waals surface area contributed by atoms with Gasteiger partial charge in [0.15, 0.2) is 17.5 Å². The molecule has 0 aliphatic heterocycles. The molecule has 1 fully saturated rings. The summed E-state index contributed by atoms with van der Waals surface area (Å²) in [5.41, 5.74) is 0.851. The number of hydrogen-bond donors (Lipinski definition) is 3. The van der Waals surface area contributed by atoms with Crippen molar-refractivity contribution in [2.75, 3.05) is 39.7 Å². The summed E-state index contributed by atoms with van der Waals surface area (Å²) in [4.78, 5) is 15.9. The van der Waals surface area contributed by atoms with Crippen LogP contribution in [-0.4, -0.2) is 46.2 Å². The third kappa shape index (κ3) is 6.54. The van der Waals surface area contributed by atoms with E-state index in [1.165, 1.54) is 6.42 Å². The second-order valence-electron chi connectivity index (χ2n) is 5.97. The Labute approximate surface area is 172 Å². The summed E-state index contributed by atoms with van der Waals surface area (Å²) >= 11 is 0. The number of ether oxygens (including phenoxy) is 2. The molecule has 1 saturated carbocycles. The first-order valence-electron chi connectivity index (χ1n) is 8.65. The van der Waals surface area contributed by atoms with Gasteiger partial charge in [0.1, 0.15) is 0 Å². The van der Waals surface area contributed by atoms with E-state index in [0.717, 1.165) is 31.5 Å². The molecule has 2 rings (SSSR count). The first-order chi connectivity index (χ1) is 12.2. The molecule has 1 aromatic rings. The highest BCUT2D eigenvalue weighted by Crippen LogP contribution is 2.29. The zero-order chi connectivity index (χ0) is 18.1.